The SMILES string of the molecule is Cc1ccc(F)cc1CC(NN)c1cc(Br)ccc1C. The molecule has 0 heterocycles. The van der Waals surface area contributed by atoms with E-state index in [4.69, 9.17) is 5.84 Å². The molecular formula is C16H18BrFN2. The normalized spacial score (nSPS) is 12.4. The van der Waals surface area contributed by atoms with Gasteiger partial charge in [-0.1, -0.05) is 28.1 Å². The first-order valence-electron chi connectivity index (χ1n) is 6.48. The van der Waals surface area contributed by atoms with E-state index in [0.29, 0.717) is 6.42 Å². The summed E-state index contributed by atoms with van der Waals surface area (Å²) in [5.74, 6) is 5.49. The van der Waals surface area contributed by atoms with Gasteiger partial charge in [0, 0.05) is 4.47 Å². The number of halogens is 2. The molecule has 0 saturated heterocycles. The lowest BCUT2D eigenvalue weighted by Crippen LogP contribution is -2.30. The molecule has 2 aromatic carbocycles. The fourth-order valence-corrected chi connectivity index (χ4v) is 2.70. The Kier molecular flexibility index (Phi) is 4.91. The van der Waals surface area contributed by atoms with Crippen molar-refractivity contribution >= 4 is 15.9 Å². The molecule has 106 valence electrons. The molecule has 4 heteroatoms. The second-order valence-electron chi connectivity index (χ2n) is 5.00. The molecule has 1 unspecified atom stereocenters. The summed E-state index contributed by atoms with van der Waals surface area (Å²) in [6.45, 7) is 4.03. The molecule has 1 atom stereocenters. The summed E-state index contributed by atoms with van der Waals surface area (Å²) in [6.07, 6.45) is 0.650. The minimum absolute atomic E-state index is 0.0481. The van der Waals surface area contributed by atoms with Crippen molar-refractivity contribution in [1.82, 2.24) is 5.43 Å². The minimum Gasteiger partial charge on any atom is -0.271 e. The Morgan fingerprint density at radius 1 is 1.15 bits per heavy atom. The molecule has 0 fully saturated rings. The van der Waals surface area contributed by atoms with Crippen molar-refractivity contribution in [2.45, 2.75) is 26.3 Å². The number of benzene rings is 2. The van der Waals surface area contributed by atoms with Crippen LogP contribution in [-0.4, -0.2) is 0 Å². The Labute approximate surface area is 127 Å². The number of hydrogen-bond acceptors (Lipinski definition) is 2. The summed E-state index contributed by atoms with van der Waals surface area (Å²) in [7, 11) is 0. The molecule has 0 aromatic heterocycles. The van der Waals surface area contributed by atoms with Gasteiger partial charge in [0.25, 0.3) is 0 Å². The standard InChI is InChI=1S/C16H18BrFN2/c1-10-4-6-14(18)7-12(10)8-16(20-19)15-9-13(17)5-3-11(15)2/h3-7,9,16,20H,8,19H2,1-2H3. The molecular weight excluding hydrogens is 319 g/mol. The molecule has 3 N–H and O–H groups in total. The van der Waals surface area contributed by atoms with Gasteiger partial charge in [-0.2, -0.15) is 0 Å². The molecule has 0 spiro atoms. The summed E-state index contributed by atoms with van der Waals surface area (Å²) in [5, 5.41) is 0. The Morgan fingerprint density at radius 2 is 1.85 bits per heavy atom. The summed E-state index contributed by atoms with van der Waals surface area (Å²) >= 11 is 3.48. The average Bonchev–Trinajstić information content (AvgIpc) is 2.42. The molecule has 2 aromatic rings. The van der Waals surface area contributed by atoms with E-state index < -0.39 is 0 Å². The topological polar surface area (TPSA) is 38.0 Å². The lowest BCUT2D eigenvalue weighted by molar-refractivity contribution is 0.544. The fraction of sp³-hybridized carbons (Fsp3) is 0.250. The number of nitrogens with two attached hydrogens (primary N) is 1. The van der Waals surface area contributed by atoms with E-state index in [1.165, 1.54) is 6.07 Å². The van der Waals surface area contributed by atoms with Gasteiger partial charge in [-0.3, -0.25) is 11.3 Å². The number of aryl methyl sites for hydroxylation is 2. The monoisotopic (exact) mass is 336 g/mol. The van der Waals surface area contributed by atoms with Crippen molar-refractivity contribution < 1.29 is 4.39 Å². The quantitative estimate of drug-likeness (QED) is 0.655. The average molecular weight is 337 g/mol. The molecule has 0 saturated carbocycles. The Bertz CT molecular complexity index is 613. The van der Waals surface area contributed by atoms with Crippen molar-refractivity contribution in [3.63, 3.8) is 0 Å². The number of nitrogens with one attached hydrogen (secondary N) is 1. The number of hydrazine groups is 1. The highest BCUT2D eigenvalue weighted by atomic mass is 79.9. The van der Waals surface area contributed by atoms with Crippen molar-refractivity contribution in [3.8, 4) is 0 Å². The third-order valence-electron chi connectivity index (χ3n) is 3.55. The van der Waals surface area contributed by atoms with Crippen LogP contribution in [0, 0.1) is 19.7 Å². The van der Waals surface area contributed by atoms with Gasteiger partial charge in [-0.25, -0.2) is 4.39 Å². The van der Waals surface area contributed by atoms with E-state index >= 15 is 0 Å². The lowest BCUT2D eigenvalue weighted by Gasteiger charge is -2.20. The smallest absolute Gasteiger partial charge is 0.123 e. The van der Waals surface area contributed by atoms with Crippen LogP contribution in [0.3, 0.4) is 0 Å². The maximum absolute atomic E-state index is 13.4. The summed E-state index contributed by atoms with van der Waals surface area (Å²) in [6, 6.07) is 10.9. The van der Waals surface area contributed by atoms with E-state index in [-0.39, 0.29) is 11.9 Å². The van der Waals surface area contributed by atoms with Gasteiger partial charge >= 0.3 is 0 Å². The van der Waals surface area contributed by atoms with Gasteiger partial charge in [-0.05, 0) is 66.8 Å². The molecule has 0 bridgehead atoms. The van der Waals surface area contributed by atoms with Gasteiger partial charge in [0.1, 0.15) is 5.82 Å². The highest BCUT2D eigenvalue weighted by molar-refractivity contribution is 9.10. The molecule has 0 radical (unpaired) electrons. The van der Waals surface area contributed by atoms with Crippen molar-refractivity contribution in [1.29, 1.82) is 0 Å². The van der Waals surface area contributed by atoms with Crippen LogP contribution in [0.5, 0.6) is 0 Å². The molecule has 0 aliphatic heterocycles. The fourth-order valence-electron chi connectivity index (χ4n) is 2.33. The van der Waals surface area contributed by atoms with Crippen LogP contribution in [0.25, 0.3) is 0 Å². The zero-order chi connectivity index (χ0) is 14.7. The van der Waals surface area contributed by atoms with E-state index in [1.54, 1.807) is 12.1 Å². The highest BCUT2D eigenvalue weighted by Crippen LogP contribution is 2.26. The highest BCUT2D eigenvalue weighted by Gasteiger charge is 2.15. The van der Waals surface area contributed by atoms with Gasteiger partial charge in [0.2, 0.25) is 0 Å². The van der Waals surface area contributed by atoms with Crippen LogP contribution in [-0.2, 0) is 6.42 Å². The number of hydrogen-bond donors (Lipinski definition) is 2. The van der Waals surface area contributed by atoms with Crippen LogP contribution in [0.4, 0.5) is 4.39 Å². The molecule has 0 amide bonds. The van der Waals surface area contributed by atoms with Gasteiger partial charge in [-0.15, -0.1) is 0 Å². The predicted molar refractivity (Wildman–Crippen MR) is 83.8 cm³/mol. The van der Waals surface area contributed by atoms with E-state index in [0.717, 1.165) is 26.7 Å². The van der Waals surface area contributed by atoms with Gasteiger partial charge in [0.05, 0.1) is 6.04 Å². The summed E-state index contributed by atoms with van der Waals surface area (Å²) in [5.41, 5.74) is 7.15. The van der Waals surface area contributed by atoms with E-state index in [9.17, 15) is 4.39 Å². The van der Waals surface area contributed by atoms with Crippen LogP contribution in [0.2, 0.25) is 0 Å². The van der Waals surface area contributed by atoms with E-state index in [2.05, 4.69) is 27.4 Å². The first kappa shape index (κ1) is 15.2. The van der Waals surface area contributed by atoms with Crippen LogP contribution in [0.15, 0.2) is 40.9 Å². The number of rotatable bonds is 4. The second-order valence-corrected chi connectivity index (χ2v) is 5.91. The Balaban J connectivity index is 2.33. The van der Waals surface area contributed by atoms with Crippen molar-refractivity contribution in [3.05, 3.63) is 68.9 Å². The zero-order valence-electron chi connectivity index (χ0n) is 11.6. The van der Waals surface area contributed by atoms with Crippen LogP contribution < -0.4 is 11.3 Å². The molecule has 20 heavy (non-hydrogen) atoms. The second kappa shape index (κ2) is 6.48. The summed E-state index contributed by atoms with van der Waals surface area (Å²) in [4.78, 5) is 0. The predicted octanol–water partition coefficient (Wildman–Crippen LogP) is 3.95. The summed E-state index contributed by atoms with van der Waals surface area (Å²) < 4.78 is 14.4. The van der Waals surface area contributed by atoms with Crippen LogP contribution in [0.1, 0.15) is 28.3 Å². The molecule has 2 rings (SSSR count). The van der Waals surface area contributed by atoms with Crippen molar-refractivity contribution in [2.24, 2.45) is 5.84 Å². The molecule has 2 nitrogen and oxygen atoms in total. The first-order valence-corrected chi connectivity index (χ1v) is 7.27. The maximum atomic E-state index is 13.4. The van der Waals surface area contributed by atoms with Crippen molar-refractivity contribution in [2.75, 3.05) is 0 Å². The Morgan fingerprint density at radius 3 is 2.55 bits per heavy atom. The molecule has 0 aliphatic carbocycles. The first-order chi connectivity index (χ1) is 9.51. The third kappa shape index (κ3) is 3.45. The minimum atomic E-state index is -0.215. The zero-order valence-corrected chi connectivity index (χ0v) is 13.2. The molecule has 0 aliphatic rings. The Hall–Kier alpha value is -1.23. The van der Waals surface area contributed by atoms with Gasteiger partial charge < -0.3 is 0 Å². The van der Waals surface area contributed by atoms with E-state index in [1.807, 2.05) is 26.0 Å². The van der Waals surface area contributed by atoms with Gasteiger partial charge in [0.15, 0.2) is 0 Å². The third-order valence-corrected chi connectivity index (χ3v) is 4.05. The maximum Gasteiger partial charge on any atom is 0.123 e. The van der Waals surface area contributed by atoms with Crippen LogP contribution >= 0.6 is 15.9 Å². The largest absolute Gasteiger partial charge is 0.271 e. The lowest BCUT2D eigenvalue weighted by atomic mass is 9.94.